The summed E-state index contributed by atoms with van der Waals surface area (Å²) < 4.78 is 1.78. The molecule has 0 aliphatic carbocycles. The molecular weight excluding hydrogens is 401 g/mol. The molecule has 0 saturated carbocycles. The number of piperazine rings is 1. The number of amides is 1. The minimum Gasteiger partial charge on any atom is -0.352 e. The van der Waals surface area contributed by atoms with Gasteiger partial charge in [0, 0.05) is 57.2 Å². The molecule has 2 saturated heterocycles. The van der Waals surface area contributed by atoms with Gasteiger partial charge in [-0.3, -0.25) is 14.5 Å². The SMILES string of the molecule is Cl.Cl.O=C(Cn1ccc(C2CCCNC2)n1)N1CCN(c2cnccn2)CC1. The Morgan fingerprint density at radius 3 is 2.68 bits per heavy atom. The fourth-order valence-corrected chi connectivity index (χ4v) is 3.67. The quantitative estimate of drug-likeness (QED) is 0.792. The van der Waals surface area contributed by atoms with Crippen molar-refractivity contribution in [1.29, 1.82) is 0 Å². The number of hydrogen-bond donors (Lipinski definition) is 1. The van der Waals surface area contributed by atoms with Gasteiger partial charge in [0.05, 0.1) is 11.9 Å². The second-order valence-corrected chi connectivity index (χ2v) is 6.91. The summed E-state index contributed by atoms with van der Waals surface area (Å²) in [6.07, 6.45) is 9.42. The van der Waals surface area contributed by atoms with Crippen molar-refractivity contribution in [1.82, 2.24) is 30.0 Å². The fourth-order valence-electron chi connectivity index (χ4n) is 3.67. The number of aromatic nitrogens is 4. The Morgan fingerprint density at radius 2 is 2.00 bits per heavy atom. The van der Waals surface area contributed by atoms with Gasteiger partial charge in [0.25, 0.3) is 0 Å². The molecule has 8 nitrogen and oxygen atoms in total. The Morgan fingerprint density at radius 1 is 1.18 bits per heavy atom. The van der Waals surface area contributed by atoms with Crippen LogP contribution in [0.15, 0.2) is 30.9 Å². The molecule has 0 bridgehead atoms. The number of halogens is 2. The number of piperidine rings is 1. The number of nitrogens with zero attached hydrogens (tertiary/aromatic N) is 6. The molecule has 1 atom stereocenters. The second kappa shape index (κ2) is 10.6. The van der Waals surface area contributed by atoms with Crippen molar-refractivity contribution in [3.8, 4) is 0 Å². The Labute approximate surface area is 177 Å². The third-order valence-corrected chi connectivity index (χ3v) is 5.18. The van der Waals surface area contributed by atoms with Crippen molar-refractivity contribution in [2.24, 2.45) is 0 Å². The van der Waals surface area contributed by atoms with E-state index in [2.05, 4.69) is 31.3 Å². The Kier molecular flexibility index (Phi) is 8.47. The molecule has 2 aliphatic rings. The van der Waals surface area contributed by atoms with Gasteiger partial charge in [-0.2, -0.15) is 5.10 Å². The van der Waals surface area contributed by atoms with E-state index in [1.807, 2.05) is 11.1 Å². The lowest BCUT2D eigenvalue weighted by Crippen LogP contribution is -2.49. The van der Waals surface area contributed by atoms with E-state index in [-0.39, 0.29) is 30.7 Å². The maximum atomic E-state index is 12.6. The van der Waals surface area contributed by atoms with Gasteiger partial charge in [0.1, 0.15) is 12.4 Å². The van der Waals surface area contributed by atoms with Gasteiger partial charge in [-0.05, 0) is 25.5 Å². The largest absolute Gasteiger partial charge is 0.352 e. The number of carbonyl (C=O) groups is 1. The van der Waals surface area contributed by atoms with Gasteiger partial charge in [-0.25, -0.2) is 4.98 Å². The van der Waals surface area contributed by atoms with Crippen LogP contribution < -0.4 is 10.2 Å². The average molecular weight is 428 g/mol. The summed E-state index contributed by atoms with van der Waals surface area (Å²) >= 11 is 0. The maximum Gasteiger partial charge on any atom is 0.244 e. The molecule has 2 fully saturated rings. The first-order valence-corrected chi connectivity index (χ1v) is 9.32. The van der Waals surface area contributed by atoms with E-state index in [1.54, 1.807) is 23.3 Å². The predicted octanol–water partition coefficient (Wildman–Crippen LogP) is 1.33. The van der Waals surface area contributed by atoms with Gasteiger partial charge in [-0.1, -0.05) is 0 Å². The van der Waals surface area contributed by atoms with Crippen molar-refractivity contribution >= 4 is 36.5 Å². The van der Waals surface area contributed by atoms with Gasteiger partial charge >= 0.3 is 0 Å². The normalized spacial score (nSPS) is 19.5. The zero-order valence-electron chi connectivity index (χ0n) is 15.7. The Bertz CT molecular complexity index is 729. The minimum absolute atomic E-state index is 0. The zero-order valence-corrected chi connectivity index (χ0v) is 17.4. The highest BCUT2D eigenvalue weighted by Gasteiger charge is 2.23. The van der Waals surface area contributed by atoms with Crippen molar-refractivity contribution in [3.05, 3.63) is 36.5 Å². The fraction of sp³-hybridized carbons (Fsp3) is 0.556. The molecule has 154 valence electrons. The molecule has 28 heavy (non-hydrogen) atoms. The summed E-state index contributed by atoms with van der Waals surface area (Å²) in [5, 5.41) is 8.05. The minimum atomic E-state index is 0. The molecule has 0 spiro atoms. The van der Waals surface area contributed by atoms with Crippen molar-refractivity contribution in [3.63, 3.8) is 0 Å². The molecule has 1 unspecified atom stereocenters. The molecule has 4 rings (SSSR count). The van der Waals surface area contributed by atoms with Gasteiger partial charge < -0.3 is 15.1 Å². The molecule has 2 aromatic heterocycles. The van der Waals surface area contributed by atoms with Crippen LogP contribution in [-0.4, -0.2) is 69.8 Å². The molecule has 2 aliphatic heterocycles. The van der Waals surface area contributed by atoms with Gasteiger partial charge in [0.2, 0.25) is 5.91 Å². The van der Waals surface area contributed by atoms with Crippen LogP contribution in [0.1, 0.15) is 24.5 Å². The number of hydrogen-bond acceptors (Lipinski definition) is 6. The number of anilines is 1. The molecule has 0 aromatic carbocycles. The van der Waals surface area contributed by atoms with Crippen LogP contribution in [0, 0.1) is 0 Å². The molecule has 1 amide bonds. The second-order valence-electron chi connectivity index (χ2n) is 6.91. The highest BCUT2D eigenvalue weighted by atomic mass is 35.5. The van der Waals surface area contributed by atoms with Crippen LogP contribution in [0.4, 0.5) is 5.82 Å². The third kappa shape index (κ3) is 5.33. The van der Waals surface area contributed by atoms with E-state index in [1.165, 1.54) is 12.8 Å². The molecule has 0 radical (unpaired) electrons. The van der Waals surface area contributed by atoms with Crippen molar-refractivity contribution < 1.29 is 4.79 Å². The lowest BCUT2D eigenvalue weighted by Gasteiger charge is -2.35. The monoisotopic (exact) mass is 427 g/mol. The van der Waals surface area contributed by atoms with E-state index in [0.29, 0.717) is 25.6 Å². The Balaban J connectivity index is 0.00000140. The van der Waals surface area contributed by atoms with Crippen LogP contribution >= 0.6 is 24.8 Å². The zero-order chi connectivity index (χ0) is 17.8. The highest BCUT2D eigenvalue weighted by molar-refractivity contribution is 5.85. The number of rotatable bonds is 4. The summed E-state index contributed by atoms with van der Waals surface area (Å²) in [4.78, 5) is 25.1. The van der Waals surface area contributed by atoms with Gasteiger partial charge in [0.15, 0.2) is 0 Å². The molecule has 2 aromatic rings. The van der Waals surface area contributed by atoms with E-state index in [9.17, 15) is 4.79 Å². The van der Waals surface area contributed by atoms with Crippen LogP contribution in [-0.2, 0) is 11.3 Å². The van der Waals surface area contributed by atoms with Crippen LogP contribution in [0.25, 0.3) is 0 Å². The predicted molar refractivity (Wildman–Crippen MR) is 112 cm³/mol. The maximum absolute atomic E-state index is 12.6. The summed E-state index contributed by atoms with van der Waals surface area (Å²) in [6, 6.07) is 2.05. The van der Waals surface area contributed by atoms with Crippen molar-refractivity contribution in [2.45, 2.75) is 25.3 Å². The van der Waals surface area contributed by atoms with E-state index in [4.69, 9.17) is 0 Å². The molecule has 1 N–H and O–H groups in total. The average Bonchev–Trinajstić information content (AvgIpc) is 3.18. The van der Waals surface area contributed by atoms with E-state index < -0.39 is 0 Å². The van der Waals surface area contributed by atoms with Crippen LogP contribution in [0.5, 0.6) is 0 Å². The first-order valence-electron chi connectivity index (χ1n) is 9.32. The lowest BCUT2D eigenvalue weighted by molar-refractivity contribution is -0.132. The summed E-state index contributed by atoms with van der Waals surface area (Å²) in [7, 11) is 0. The first kappa shape index (κ1) is 22.4. The number of carbonyl (C=O) groups excluding carboxylic acids is 1. The third-order valence-electron chi connectivity index (χ3n) is 5.18. The number of nitrogens with one attached hydrogen (secondary N) is 1. The molecular formula is C18H27Cl2N7O. The van der Waals surface area contributed by atoms with E-state index in [0.717, 1.165) is 37.7 Å². The standard InChI is InChI=1S/C18H25N7O.2ClH/c26-18(14-25-7-3-16(22-25)15-2-1-4-19-12-15)24-10-8-23(9-11-24)17-13-20-5-6-21-17;;/h3,5-7,13,15,19H,1-2,4,8-12,14H2;2*1H. The van der Waals surface area contributed by atoms with Crippen molar-refractivity contribution in [2.75, 3.05) is 44.2 Å². The Hall–Kier alpha value is -1.90. The van der Waals surface area contributed by atoms with E-state index >= 15 is 0 Å². The topological polar surface area (TPSA) is 79.2 Å². The first-order chi connectivity index (χ1) is 12.8. The van der Waals surface area contributed by atoms with Gasteiger partial charge in [-0.15, -0.1) is 24.8 Å². The van der Waals surface area contributed by atoms with Crippen LogP contribution in [0.3, 0.4) is 0 Å². The molecule has 10 heteroatoms. The molecule has 4 heterocycles. The summed E-state index contributed by atoms with van der Waals surface area (Å²) in [5.41, 5.74) is 1.09. The smallest absolute Gasteiger partial charge is 0.244 e. The highest BCUT2D eigenvalue weighted by Crippen LogP contribution is 2.21. The van der Waals surface area contributed by atoms with Crippen LogP contribution in [0.2, 0.25) is 0 Å². The lowest BCUT2D eigenvalue weighted by atomic mass is 9.97. The summed E-state index contributed by atoms with van der Waals surface area (Å²) in [6.45, 7) is 5.36. The summed E-state index contributed by atoms with van der Waals surface area (Å²) in [5.74, 6) is 1.47.